The molecule has 0 aliphatic rings. The monoisotopic (exact) mass is 1280 g/mol. The van der Waals surface area contributed by atoms with Gasteiger partial charge >= 0.3 is 0 Å². The van der Waals surface area contributed by atoms with Crippen molar-refractivity contribution in [1.82, 2.24) is 39.9 Å². The molecule has 8 aromatic heterocycles. The SMILES string of the molecule is COc1ccc2cccnc2c1.COc1ccc2ncccc2c1.Cc1ccc2cc(CO)ccc2n1.O=Cc1ccc2ccccc2n1.O=Cc1cccc2cccnc12.O=Cc1cccc2ncccc12.O=Cc1ccnc2ccccc12.O=Cc1cnc2ccccc2c1. The highest BCUT2D eigenvalue weighted by molar-refractivity contribution is 5.98. The number of methoxy groups -OCH3 is 2. The minimum absolute atomic E-state index is 0.0871. The number of fused-ring (bicyclic) bond motifs is 8. The molecule has 16 nitrogen and oxygen atoms in total. The number of aliphatic hydroxyl groups excluding tert-OH is 1. The van der Waals surface area contributed by atoms with Crippen molar-refractivity contribution < 1.29 is 38.6 Å². The van der Waals surface area contributed by atoms with Gasteiger partial charge in [-0.1, -0.05) is 121 Å². The highest BCUT2D eigenvalue weighted by Gasteiger charge is 2.03. The van der Waals surface area contributed by atoms with Gasteiger partial charge in [0.2, 0.25) is 0 Å². The van der Waals surface area contributed by atoms with Gasteiger partial charge in [0.25, 0.3) is 0 Å². The van der Waals surface area contributed by atoms with Gasteiger partial charge in [-0.25, -0.2) is 4.98 Å². The van der Waals surface area contributed by atoms with E-state index in [4.69, 9.17) is 14.6 Å². The van der Waals surface area contributed by atoms with Gasteiger partial charge in [0.15, 0.2) is 31.4 Å². The van der Waals surface area contributed by atoms with Gasteiger partial charge in [-0.15, -0.1) is 0 Å². The Bertz CT molecular complexity index is 4940. The molecule has 97 heavy (non-hydrogen) atoms. The lowest BCUT2D eigenvalue weighted by molar-refractivity contribution is 0.111. The maximum atomic E-state index is 10.6. The van der Waals surface area contributed by atoms with Crippen molar-refractivity contribution in [3.63, 3.8) is 0 Å². The van der Waals surface area contributed by atoms with Crippen LogP contribution in [0.2, 0.25) is 0 Å². The van der Waals surface area contributed by atoms with E-state index >= 15 is 0 Å². The molecule has 0 amide bonds. The standard InChI is InChI=1S/C11H11NO.2C10H9NO.5C10H7NO/c1-8-2-4-10-6-9(7-13)3-5-11(10)12-8;1-12-9-4-5-10-8(7-9)3-2-6-11-10;1-12-9-5-4-8-3-2-6-11-10(8)7-9;12-7-8-3-1-5-10-9(8)4-2-6-11-10;12-7-9-4-1-3-8-5-2-6-11-10(8)9;12-7-8-5-9-3-1-2-4-10(9)11-6-8;12-7-8-5-6-11-10-4-2-1-3-9(8)10;12-7-9-6-5-8-3-1-2-4-10(8)11-9/h2-6,13H,7H2,1H3;2*2-7H,1H3;5*1-7H. The van der Waals surface area contributed by atoms with Crippen LogP contribution in [0.25, 0.3) is 87.2 Å². The molecule has 0 spiro atoms. The van der Waals surface area contributed by atoms with Gasteiger partial charge in [-0.05, 0) is 134 Å². The van der Waals surface area contributed by atoms with Crippen LogP contribution in [0.3, 0.4) is 0 Å². The second-order valence-electron chi connectivity index (χ2n) is 21.0. The normalized spacial score (nSPS) is 10.1. The van der Waals surface area contributed by atoms with Gasteiger partial charge < -0.3 is 14.6 Å². The predicted octanol–water partition coefficient (Wildman–Crippen LogP) is 16.8. The van der Waals surface area contributed by atoms with Crippen molar-refractivity contribution in [2.45, 2.75) is 13.5 Å². The number of hydrogen-bond donors (Lipinski definition) is 1. The number of benzene rings is 8. The first-order valence-electron chi connectivity index (χ1n) is 30.4. The largest absolute Gasteiger partial charge is 0.497 e. The van der Waals surface area contributed by atoms with E-state index in [1.807, 2.05) is 231 Å². The van der Waals surface area contributed by atoms with Crippen LogP contribution in [-0.2, 0) is 6.61 Å². The third kappa shape index (κ3) is 19.3. The van der Waals surface area contributed by atoms with Crippen LogP contribution in [0.5, 0.6) is 11.5 Å². The molecular formula is C81H64N8O8. The maximum absolute atomic E-state index is 10.6. The Kier molecular flexibility index (Phi) is 25.1. The van der Waals surface area contributed by atoms with Crippen LogP contribution < -0.4 is 9.47 Å². The number of pyridine rings is 8. The smallest absolute Gasteiger partial charge is 0.168 e. The van der Waals surface area contributed by atoms with Crippen LogP contribution in [0.15, 0.2) is 286 Å². The minimum Gasteiger partial charge on any atom is -0.497 e. The summed E-state index contributed by atoms with van der Waals surface area (Å²) in [6.07, 6.45) is 14.3. The molecule has 0 radical (unpaired) electrons. The molecule has 0 bridgehead atoms. The first-order chi connectivity index (χ1) is 47.6. The number of hydrogen-bond acceptors (Lipinski definition) is 16. The van der Waals surface area contributed by atoms with Crippen LogP contribution >= 0.6 is 0 Å². The quantitative estimate of drug-likeness (QED) is 0.140. The Labute approximate surface area is 558 Å². The lowest BCUT2D eigenvalue weighted by Crippen LogP contribution is -1.86. The lowest BCUT2D eigenvalue weighted by atomic mass is 10.1. The number of ether oxygens (including phenoxy) is 2. The van der Waals surface area contributed by atoms with Gasteiger partial charge in [0.1, 0.15) is 17.2 Å². The molecule has 0 saturated carbocycles. The number of para-hydroxylation sites is 4. The summed E-state index contributed by atoms with van der Waals surface area (Å²) >= 11 is 0. The van der Waals surface area contributed by atoms with Crippen LogP contribution in [-0.4, -0.2) is 90.6 Å². The topological polar surface area (TPSA) is 227 Å². The van der Waals surface area contributed by atoms with E-state index in [2.05, 4.69) is 39.9 Å². The second kappa shape index (κ2) is 35.7. The van der Waals surface area contributed by atoms with E-state index in [9.17, 15) is 24.0 Å². The number of aliphatic hydroxyl groups is 1. The van der Waals surface area contributed by atoms with E-state index < -0.39 is 0 Å². The Morgan fingerprint density at radius 3 is 1.56 bits per heavy atom. The molecule has 0 aliphatic heterocycles. The van der Waals surface area contributed by atoms with Crippen LogP contribution in [0.1, 0.15) is 63.2 Å². The number of aromatic nitrogens is 8. The molecule has 8 heterocycles. The number of carbonyl (C=O) groups excluding carboxylic acids is 5. The number of carbonyl (C=O) groups is 5. The summed E-state index contributed by atoms with van der Waals surface area (Å²) in [6.45, 7) is 2.06. The molecule has 476 valence electrons. The van der Waals surface area contributed by atoms with Gasteiger partial charge in [0, 0.05) is 114 Å². The molecule has 0 atom stereocenters. The molecule has 1 N–H and O–H groups in total. The van der Waals surface area contributed by atoms with Crippen LogP contribution in [0.4, 0.5) is 0 Å². The molecule has 0 saturated heterocycles. The molecule has 0 fully saturated rings. The summed E-state index contributed by atoms with van der Waals surface area (Å²) < 4.78 is 10.2. The summed E-state index contributed by atoms with van der Waals surface area (Å²) in [5.74, 6) is 1.72. The van der Waals surface area contributed by atoms with E-state index in [0.29, 0.717) is 27.9 Å². The average molecular weight is 1280 g/mol. The average Bonchev–Trinajstić information content (AvgIpc) is 2.58. The molecule has 16 heteroatoms. The number of aryl methyl sites for hydroxylation is 1. The third-order valence-corrected chi connectivity index (χ3v) is 14.6. The predicted molar refractivity (Wildman–Crippen MR) is 385 cm³/mol. The highest BCUT2D eigenvalue weighted by atomic mass is 16.5. The molecule has 16 aromatic rings. The maximum Gasteiger partial charge on any atom is 0.168 e. The van der Waals surface area contributed by atoms with E-state index in [1.54, 1.807) is 75.7 Å². The molecular weight excluding hydrogens is 1210 g/mol. The third-order valence-electron chi connectivity index (χ3n) is 14.6. The van der Waals surface area contributed by atoms with Crippen molar-refractivity contribution in [1.29, 1.82) is 0 Å². The zero-order chi connectivity index (χ0) is 68.0. The molecule has 0 aliphatic carbocycles. The fourth-order valence-corrected chi connectivity index (χ4v) is 9.70. The van der Waals surface area contributed by atoms with E-state index in [0.717, 1.165) is 141 Å². The summed E-state index contributed by atoms with van der Waals surface area (Å²) in [4.78, 5) is 86.0. The number of aldehydes is 5. The van der Waals surface area contributed by atoms with E-state index in [1.165, 1.54) is 0 Å². The first-order valence-corrected chi connectivity index (χ1v) is 30.4. The van der Waals surface area contributed by atoms with Crippen LogP contribution in [0, 0.1) is 6.92 Å². The fraction of sp³-hybridized carbons (Fsp3) is 0.0494. The van der Waals surface area contributed by atoms with Gasteiger partial charge in [0.05, 0.1) is 65.0 Å². The van der Waals surface area contributed by atoms with Crippen molar-refractivity contribution in [2.24, 2.45) is 0 Å². The first kappa shape index (κ1) is 68.3. The molecule has 0 unspecified atom stereocenters. The summed E-state index contributed by atoms with van der Waals surface area (Å²) in [5.41, 5.74) is 12.3. The fourth-order valence-electron chi connectivity index (χ4n) is 9.70. The summed E-state index contributed by atoms with van der Waals surface area (Å²) in [6, 6.07) is 78.2. The van der Waals surface area contributed by atoms with Crippen molar-refractivity contribution in [2.75, 3.05) is 14.2 Å². The number of nitrogens with zero attached hydrogens (tertiary/aromatic N) is 8. The Morgan fingerprint density at radius 2 is 0.825 bits per heavy atom. The van der Waals surface area contributed by atoms with Gasteiger partial charge in [-0.3, -0.25) is 58.9 Å². The van der Waals surface area contributed by atoms with Crippen molar-refractivity contribution in [3.05, 3.63) is 325 Å². The zero-order valence-electron chi connectivity index (χ0n) is 53.1. The zero-order valence-corrected chi connectivity index (χ0v) is 53.1. The van der Waals surface area contributed by atoms with Crippen molar-refractivity contribution >= 4 is 119 Å². The van der Waals surface area contributed by atoms with Gasteiger partial charge in [-0.2, -0.15) is 0 Å². The Balaban J connectivity index is 0.000000130. The highest BCUT2D eigenvalue weighted by Crippen LogP contribution is 2.22. The lowest BCUT2D eigenvalue weighted by Gasteiger charge is -2.00. The Morgan fingerprint density at radius 1 is 0.340 bits per heavy atom. The molecule has 16 rings (SSSR count). The van der Waals surface area contributed by atoms with Crippen molar-refractivity contribution in [3.8, 4) is 11.5 Å². The Hall–Kier alpha value is -13.1. The second-order valence-corrected chi connectivity index (χ2v) is 21.0. The summed E-state index contributed by atoms with van der Waals surface area (Å²) in [7, 11) is 3.32. The minimum atomic E-state index is 0.0871. The summed E-state index contributed by atoms with van der Waals surface area (Å²) in [5, 5.41) is 17.1. The number of rotatable bonds is 8. The van der Waals surface area contributed by atoms with E-state index in [-0.39, 0.29) is 6.61 Å². The molecule has 8 aromatic carbocycles.